The molecular weight excluding hydrogens is 262 g/mol. The fourth-order valence-electron chi connectivity index (χ4n) is 2.14. The minimum Gasteiger partial charge on any atom is -0.465 e. The molecule has 110 valence electrons. The largest absolute Gasteiger partial charge is 0.465 e. The Morgan fingerprint density at radius 2 is 1.76 bits per heavy atom. The number of ether oxygens (including phenoxy) is 1. The zero-order chi connectivity index (χ0) is 15.2. The van der Waals surface area contributed by atoms with Crippen LogP contribution >= 0.6 is 0 Å². The van der Waals surface area contributed by atoms with Crippen molar-refractivity contribution in [1.29, 1.82) is 0 Å². The predicted molar refractivity (Wildman–Crippen MR) is 85.6 cm³/mol. The van der Waals surface area contributed by atoms with Gasteiger partial charge in [0.15, 0.2) is 0 Å². The molecule has 0 spiro atoms. The van der Waals surface area contributed by atoms with E-state index in [-0.39, 0.29) is 5.97 Å². The van der Waals surface area contributed by atoms with E-state index in [0.717, 1.165) is 5.69 Å². The summed E-state index contributed by atoms with van der Waals surface area (Å²) < 4.78 is 4.79. The molecule has 0 bridgehead atoms. The Balaban J connectivity index is 2.08. The second-order valence-electron chi connectivity index (χ2n) is 5.29. The maximum absolute atomic E-state index is 11.7. The van der Waals surface area contributed by atoms with Gasteiger partial charge in [-0.2, -0.15) is 0 Å². The Hall–Kier alpha value is -2.29. The first kappa shape index (κ1) is 15.1. The van der Waals surface area contributed by atoms with Gasteiger partial charge in [-0.25, -0.2) is 4.79 Å². The van der Waals surface area contributed by atoms with Crippen molar-refractivity contribution in [3.8, 4) is 0 Å². The first-order valence-corrected chi connectivity index (χ1v) is 7.12. The van der Waals surface area contributed by atoms with E-state index >= 15 is 0 Å². The summed E-state index contributed by atoms with van der Waals surface area (Å²) in [6, 6.07) is 15.9. The second kappa shape index (κ2) is 6.93. The first-order chi connectivity index (χ1) is 10.1. The number of benzene rings is 2. The lowest BCUT2D eigenvalue weighted by atomic mass is 10.0. The summed E-state index contributed by atoms with van der Waals surface area (Å²) >= 11 is 0. The third-order valence-electron chi connectivity index (χ3n) is 3.46. The van der Waals surface area contributed by atoms with Gasteiger partial charge in [0, 0.05) is 12.2 Å². The molecule has 0 aliphatic carbocycles. The van der Waals surface area contributed by atoms with Crippen LogP contribution in [0.15, 0.2) is 48.5 Å². The molecule has 0 amide bonds. The third-order valence-corrected chi connectivity index (χ3v) is 3.46. The van der Waals surface area contributed by atoms with Gasteiger partial charge in [0.25, 0.3) is 0 Å². The maximum Gasteiger partial charge on any atom is 0.339 e. The van der Waals surface area contributed by atoms with Crippen molar-refractivity contribution in [2.75, 3.05) is 12.4 Å². The zero-order valence-electron chi connectivity index (χ0n) is 12.7. The zero-order valence-corrected chi connectivity index (χ0v) is 12.7. The van der Waals surface area contributed by atoms with Crippen LogP contribution in [0.2, 0.25) is 0 Å². The van der Waals surface area contributed by atoms with Crippen LogP contribution in [0.1, 0.15) is 41.3 Å². The van der Waals surface area contributed by atoms with Gasteiger partial charge in [-0.15, -0.1) is 0 Å². The fraction of sp³-hybridized carbons (Fsp3) is 0.278. The van der Waals surface area contributed by atoms with Gasteiger partial charge in [-0.1, -0.05) is 50.2 Å². The van der Waals surface area contributed by atoms with Crippen LogP contribution in [0, 0.1) is 0 Å². The number of anilines is 1. The highest BCUT2D eigenvalue weighted by atomic mass is 16.5. The van der Waals surface area contributed by atoms with Crippen LogP contribution < -0.4 is 5.32 Å². The normalized spacial score (nSPS) is 10.5. The molecule has 1 N–H and O–H groups in total. The number of carbonyl (C=O) groups is 1. The summed E-state index contributed by atoms with van der Waals surface area (Å²) in [7, 11) is 1.39. The van der Waals surface area contributed by atoms with Crippen LogP contribution in [0.25, 0.3) is 0 Å². The number of rotatable bonds is 5. The number of para-hydroxylation sites is 1. The van der Waals surface area contributed by atoms with Crippen molar-refractivity contribution >= 4 is 11.7 Å². The highest BCUT2D eigenvalue weighted by Gasteiger charge is 2.10. The Kier molecular flexibility index (Phi) is 4.99. The molecule has 0 aliphatic heterocycles. The van der Waals surface area contributed by atoms with Crippen molar-refractivity contribution in [3.63, 3.8) is 0 Å². The van der Waals surface area contributed by atoms with Crippen LogP contribution in [0.3, 0.4) is 0 Å². The van der Waals surface area contributed by atoms with Crippen LogP contribution in [0.4, 0.5) is 5.69 Å². The molecule has 3 nitrogen and oxygen atoms in total. The SMILES string of the molecule is COC(=O)c1ccccc1NCc1ccc(C(C)C)cc1. The lowest BCUT2D eigenvalue weighted by molar-refractivity contribution is 0.0602. The van der Waals surface area contributed by atoms with Gasteiger partial charge in [-0.3, -0.25) is 0 Å². The van der Waals surface area contributed by atoms with Gasteiger partial charge in [0.2, 0.25) is 0 Å². The smallest absolute Gasteiger partial charge is 0.339 e. The van der Waals surface area contributed by atoms with Gasteiger partial charge < -0.3 is 10.1 Å². The molecule has 0 heterocycles. The molecule has 3 heteroatoms. The molecule has 0 radical (unpaired) electrons. The summed E-state index contributed by atoms with van der Waals surface area (Å²) in [5.74, 6) is 0.209. The molecule has 0 saturated carbocycles. The summed E-state index contributed by atoms with van der Waals surface area (Å²) in [4.78, 5) is 11.7. The molecule has 0 saturated heterocycles. The van der Waals surface area contributed by atoms with Crippen molar-refractivity contribution in [1.82, 2.24) is 0 Å². The molecule has 0 aliphatic rings. The van der Waals surface area contributed by atoms with E-state index in [4.69, 9.17) is 4.74 Å². The quantitative estimate of drug-likeness (QED) is 0.835. The highest BCUT2D eigenvalue weighted by Crippen LogP contribution is 2.18. The van der Waals surface area contributed by atoms with Crippen LogP contribution in [-0.2, 0) is 11.3 Å². The number of nitrogens with one attached hydrogen (secondary N) is 1. The lowest BCUT2D eigenvalue weighted by Crippen LogP contribution is -2.08. The van der Waals surface area contributed by atoms with Gasteiger partial charge >= 0.3 is 5.97 Å². The Morgan fingerprint density at radius 3 is 2.38 bits per heavy atom. The van der Waals surface area contributed by atoms with E-state index in [2.05, 4.69) is 43.4 Å². The molecule has 21 heavy (non-hydrogen) atoms. The molecule has 0 aromatic heterocycles. The summed E-state index contributed by atoms with van der Waals surface area (Å²) in [5, 5.41) is 3.29. The van der Waals surface area contributed by atoms with Gasteiger partial charge in [0.1, 0.15) is 0 Å². The topological polar surface area (TPSA) is 38.3 Å². The minimum atomic E-state index is -0.326. The molecular formula is C18H21NO2. The van der Waals surface area contributed by atoms with Gasteiger partial charge in [0.05, 0.1) is 12.7 Å². The van der Waals surface area contributed by atoms with Gasteiger partial charge in [-0.05, 0) is 29.2 Å². The average Bonchev–Trinajstić information content (AvgIpc) is 2.52. The maximum atomic E-state index is 11.7. The monoisotopic (exact) mass is 283 g/mol. The third kappa shape index (κ3) is 3.85. The molecule has 2 aromatic carbocycles. The van der Waals surface area contributed by atoms with Crippen LogP contribution in [0.5, 0.6) is 0 Å². The van der Waals surface area contributed by atoms with E-state index in [1.807, 2.05) is 18.2 Å². The summed E-state index contributed by atoms with van der Waals surface area (Å²) in [5.41, 5.74) is 3.85. The van der Waals surface area contributed by atoms with E-state index in [0.29, 0.717) is 18.0 Å². The highest BCUT2D eigenvalue weighted by molar-refractivity contribution is 5.95. The van der Waals surface area contributed by atoms with E-state index in [1.54, 1.807) is 6.07 Å². The Labute approximate surface area is 126 Å². The summed E-state index contributed by atoms with van der Waals surface area (Å²) in [6.07, 6.45) is 0. The molecule has 0 atom stereocenters. The minimum absolute atomic E-state index is 0.326. The summed E-state index contributed by atoms with van der Waals surface area (Å²) in [6.45, 7) is 5.03. The number of carbonyl (C=O) groups excluding carboxylic acids is 1. The van der Waals surface area contributed by atoms with E-state index in [9.17, 15) is 4.79 Å². The van der Waals surface area contributed by atoms with Crippen molar-refractivity contribution < 1.29 is 9.53 Å². The van der Waals surface area contributed by atoms with Crippen molar-refractivity contribution in [3.05, 3.63) is 65.2 Å². The second-order valence-corrected chi connectivity index (χ2v) is 5.29. The molecule has 0 fully saturated rings. The predicted octanol–water partition coefficient (Wildman–Crippen LogP) is 4.21. The number of methoxy groups -OCH3 is 1. The molecule has 0 unspecified atom stereocenters. The first-order valence-electron chi connectivity index (χ1n) is 7.12. The average molecular weight is 283 g/mol. The Bertz CT molecular complexity index is 603. The Morgan fingerprint density at radius 1 is 1.10 bits per heavy atom. The standard InChI is InChI=1S/C18H21NO2/c1-13(2)15-10-8-14(9-11-15)12-19-17-7-5-4-6-16(17)18(20)21-3/h4-11,13,19H,12H2,1-3H3. The van der Waals surface area contributed by atoms with E-state index < -0.39 is 0 Å². The number of hydrogen-bond donors (Lipinski definition) is 1. The van der Waals surface area contributed by atoms with Crippen LogP contribution in [-0.4, -0.2) is 13.1 Å². The van der Waals surface area contributed by atoms with Crippen molar-refractivity contribution in [2.45, 2.75) is 26.3 Å². The number of esters is 1. The number of hydrogen-bond acceptors (Lipinski definition) is 3. The fourth-order valence-corrected chi connectivity index (χ4v) is 2.14. The molecule has 2 aromatic rings. The van der Waals surface area contributed by atoms with Crippen molar-refractivity contribution in [2.24, 2.45) is 0 Å². The lowest BCUT2D eigenvalue weighted by Gasteiger charge is -2.11. The van der Waals surface area contributed by atoms with E-state index in [1.165, 1.54) is 18.2 Å². The molecule has 2 rings (SSSR count).